The van der Waals surface area contributed by atoms with E-state index in [0.29, 0.717) is 34.3 Å². The Balaban J connectivity index is 1.81. The normalized spacial score (nSPS) is 14.4. The van der Waals surface area contributed by atoms with Crippen LogP contribution in [-0.2, 0) is 0 Å². The lowest BCUT2D eigenvalue weighted by atomic mass is 10.0. The zero-order valence-corrected chi connectivity index (χ0v) is 16.5. The first kappa shape index (κ1) is 19.7. The van der Waals surface area contributed by atoms with Crippen LogP contribution in [0.4, 0.5) is 16.3 Å². The maximum atomic E-state index is 14.3. The van der Waals surface area contributed by atoms with Crippen molar-refractivity contribution < 1.29 is 4.39 Å². The Labute approximate surface area is 173 Å². The number of nitriles is 1. The molecule has 0 spiro atoms. The van der Waals surface area contributed by atoms with Crippen LogP contribution < -0.4 is 16.0 Å². The average Bonchev–Trinajstić information content (AvgIpc) is 2.79. The van der Waals surface area contributed by atoms with Gasteiger partial charge >= 0.3 is 0 Å². The van der Waals surface area contributed by atoms with Crippen LogP contribution in [0.25, 0.3) is 22.4 Å². The molecule has 9 heteroatoms. The maximum Gasteiger partial charge on any atom is 0.225 e. The van der Waals surface area contributed by atoms with E-state index in [-0.39, 0.29) is 11.6 Å². The second-order valence-electron chi connectivity index (χ2n) is 7.11. The van der Waals surface area contributed by atoms with Crippen LogP contribution in [-0.4, -0.2) is 46.1 Å². The number of nitrogens with one attached hydrogen (secondary N) is 1. The molecule has 0 amide bonds. The lowest BCUT2D eigenvalue weighted by Gasteiger charge is -2.30. The molecule has 0 aliphatic carbocycles. The van der Waals surface area contributed by atoms with Gasteiger partial charge in [0.05, 0.1) is 11.3 Å². The zero-order valence-electron chi connectivity index (χ0n) is 16.5. The largest absolute Gasteiger partial charge is 0.357 e. The summed E-state index contributed by atoms with van der Waals surface area (Å²) in [5.41, 5.74) is 8.49. The Hall–Kier alpha value is -3.64. The number of nitrogens with two attached hydrogens (primary N) is 1. The molecule has 0 radical (unpaired) electrons. The van der Waals surface area contributed by atoms with Crippen molar-refractivity contribution in [3.8, 4) is 28.5 Å². The van der Waals surface area contributed by atoms with Gasteiger partial charge in [0.15, 0.2) is 0 Å². The quantitative estimate of drug-likeness (QED) is 0.681. The van der Waals surface area contributed by atoms with Gasteiger partial charge in [0.1, 0.15) is 11.9 Å². The Morgan fingerprint density at radius 2 is 1.87 bits per heavy atom. The molecule has 1 saturated heterocycles. The number of benzene rings is 1. The number of aromatic nitrogens is 4. The molecule has 1 aliphatic rings. The zero-order chi connectivity index (χ0) is 21.1. The van der Waals surface area contributed by atoms with Gasteiger partial charge in [-0.1, -0.05) is 6.07 Å². The number of piperidine rings is 1. The second-order valence-corrected chi connectivity index (χ2v) is 7.11. The molecule has 4 rings (SSSR count). The van der Waals surface area contributed by atoms with Gasteiger partial charge in [0.25, 0.3) is 0 Å². The van der Waals surface area contributed by atoms with Crippen LogP contribution in [0, 0.1) is 17.1 Å². The fourth-order valence-corrected chi connectivity index (χ4v) is 3.40. The summed E-state index contributed by atoms with van der Waals surface area (Å²) in [4.78, 5) is 19.9. The molecular weight excluding hydrogens is 383 g/mol. The van der Waals surface area contributed by atoms with E-state index in [4.69, 9.17) is 16.0 Å². The molecule has 1 fully saturated rings. The maximum absolute atomic E-state index is 14.3. The molecule has 0 saturated carbocycles. The molecule has 2 aromatic heterocycles. The first-order chi connectivity index (χ1) is 14.6. The summed E-state index contributed by atoms with van der Waals surface area (Å²) in [6.45, 7) is 1.53. The number of anilines is 2. The van der Waals surface area contributed by atoms with E-state index in [1.807, 2.05) is 6.07 Å². The Kier molecular flexibility index (Phi) is 5.50. The minimum absolute atomic E-state index is 0.0127. The summed E-state index contributed by atoms with van der Waals surface area (Å²) in [6, 6.07) is 6.50. The average molecular weight is 404 g/mol. The number of nitrogens with zero attached hydrogens (tertiary/aromatic N) is 6. The highest BCUT2D eigenvalue weighted by Gasteiger charge is 2.21. The van der Waals surface area contributed by atoms with Crippen molar-refractivity contribution >= 4 is 11.9 Å². The van der Waals surface area contributed by atoms with Crippen LogP contribution >= 0.6 is 0 Å². The predicted molar refractivity (Wildman–Crippen MR) is 112 cm³/mol. The highest BCUT2D eigenvalue weighted by molar-refractivity contribution is 5.80. The summed E-state index contributed by atoms with van der Waals surface area (Å²) >= 11 is 0. The summed E-state index contributed by atoms with van der Waals surface area (Å²) in [5, 5.41) is 11.9. The molecule has 152 valence electrons. The molecule has 0 unspecified atom stereocenters. The SMILES string of the molecule is CNc1ncc(-c2cnc(N3CCC(N)CC3)nc2-c2ccc(C#N)c(F)c2)cn1. The molecule has 3 heterocycles. The fourth-order valence-electron chi connectivity index (χ4n) is 3.40. The Morgan fingerprint density at radius 1 is 1.13 bits per heavy atom. The van der Waals surface area contributed by atoms with Gasteiger partial charge in [-0.05, 0) is 25.0 Å². The number of hydrogen-bond acceptors (Lipinski definition) is 8. The third kappa shape index (κ3) is 3.90. The second kappa shape index (κ2) is 8.39. The molecule has 30 heavy (non-hydrogen) atoms. The van der Waals surface area contributed by atoms with Gasteiger partial charge in [0, 0.05) is 61.5 Å². The topological polar surface area (TPSA) is 117 Å². The minimum atomic E-state index is -0.591. The fraction of sp³-hybridized carbons (Fsp3) is 0.286. The van der Waals surface area contributed by atoms with E-state index >= 15 is 0 Å². The van der Waals surface area contributed by atoms with Gasteiger partial charge in [-0.25, -0.2) is 24.3 Å². The third-order valence-electron chi connectivity index (χ3n) is 5.15. The number of rotatable bonds is 4. The summed E-state index contributed by atoms with van der Waals surface area (Å²) in [7, 11) is 1.74. The summed E-state index contributed by atoms with van der Waals surface area (Å²) in [6.07, 6.45) is 6.78. The molecule has 1 aliphatic heterocycles. The molecular formula is C21H21FN8. The van der Waals surface area contributed by atoms with Crippen LogP contribution in [0.1, 0.15) is 18.4 Å². The van der Waals surface area contributed by atoms with E-state index in [1.165, 1.54) is 12.1 Å². The smallest absolute Gasteiger partial charge is 0.225 e. The van der Waals surface area contributed by atoms with Crippen molar-refractivity contribution in [3.05, 3.63) is 48.2 Å². The van der Waals surface area contributed by atoms with Crippen molar-refractivity contribution in [2.45, 2.75) is 18.9 Å². The van der Waals surface area contributed by atoms with Crippen LogP contribution in [0.3, 0.4) is 0 Å². The van der Waals surface area contributed by atoms with Crippen LogP contribution in [0.2, 0.25) is 0 Å². The van der Waals surface area contributed by atoms with Gasteiger partial charge in [0.2, 0.25) is 11.9 Å². The Morgan fingerprint density at radius 3 is 2.50 bits per heavy atom. The summed E-state index contributed by atoms with van der Waals surface area (Å²) < 4.78 is 14.3. The van der Waals surface area contributed by atoms with Crippen molar-refractivity contribution in [2.75, 3.05) is 30.4 Å². The van der Waals surface area contributed by atoms with E-state index < -0.39 is 5.82 Å². The minimum Gasteiger partial charge on any atom is -0.357 e. The van der Waals surface area contributed by atoms with Crippen molar-refractivity contribution in [1.29, 1.82) is 5.26 Å². The first-order valence-electron chi connectivity index (χ1n) is 9.67. The summed E-state index contributed by atoms with van der Waals surface area (Å²) in [5.74, 6) is 0.469. The van der Waals surface area contributed by atoms with E-state index in [2.05, 4.69) is 25.2 Å². The van der Waals surface area contributed by atoms with E-state index in [1.54, 1.807) is 31.7 Å². The molecule has 3 aromatic rings. The van der Waals surface area contributed by atoms with Crippen LogP contribution in [0.15, 0.2) is 36.8 Å². The van der Waals surface area contributed by atoms with Crippen molar-refractivity contribution in [3.63, 3.8) is 0 Å². The highest BCUT2D eigenvalue weighted by Crippen LogP contribution is 2.32. The predicted octanol–water partition coefficient (Wildman–Crippen LogP) is 2.58. The third-order valence-corrected chi connectivity index (χ3v) is 5.15. The monoisotopic (exact) mass is 404 g/mol. The van der Waals surface area contributed by atoms with Gasteiger partial charge < -0.3 is 16.0 Å². The van der Waals surface area contributed by atoms with Crippen molar-refractivity contribution in [2.24, 2.45) is 5.73 Å². The standard InChI is InChI=1S/C21H21FN8/c1-25-20-26-10-15(11-27-20)17-12-28-21(30-6-4-16(24)5-7-30)29-19(17)13-2-3-14(9-23)18(22)8-13/h2-3,8,10-12,16H,4-7,24H2,1H3,(H,25,26,27). The molecule has 8 nitrogen and oxygen atoms in total. The first-order valence-corrected chi connectivity index (χ1v) is 9.67. The van der Waals surface area contributed by atoms with Crippen LogP contribution in [0.5, 0.6) is 0 Å². The molecule has 0 bridgehead atoms. The van der Waals surface area contributed by atoms with Gasteiger partial charge in [-0.3, -0.25) is 0 Å². The lowest BCUT2D eigenvalue weighted by molar-refractivity contribution is 0.495. The van der Waals surface area contributed by atoms with E-state index in [0.717, 1.165) is 25.9 Å². The van der Waals surface area contributed by atoms with Crippen molar-refractivity contribution in [1.82, 2.24) is 19.9 Å². The molecule has 1 aromatic carbocycles. The highest BCUT2D eigenvalue weighted by atomic mass is 19.1. The molecule has 0 atom stereocenters. The van der Waals surface area contributed by atoms with E-state index in [9.17, 15) is 4.39 Å². The lowest BCUT2D eigenvalue weighted by Crippen LogP contribution is -2.40. The number of halogens is 1. The molecule has 3 N–H and O–H groups in total. The van der Waals surface area contributed by atoms with Gasteiger partial charge in [-0.15, -0.1) is 0 Å². The Bertz CT molecular complexity index is 1090. The van der Waals surface area contributed by atoms with Gasteiger partial charge in [-0.2, -0.15) is 5.26 Å². The number of hydrogen-bond donors (Lipinski definition) is 2.